The zero-order chi connectivity index (χ0) is 16.9. The minimum Gasteiger partial charge on any atom is -0.373 e. The molecule has 1 aromatic rings. The maximum Gasteiger partial charge on any atom is 0.243 e. The molecule has 3 N–H and O–H groups in total. The van der Waals surface area contributed by atoms with Crippen molar-refractivity contribution in [3.63, 3.8) is 0 Å². The molecule has 1 amide bonds. The van der Waals surface area contributed by atoms with Gasteiger partial charge in [-0.3, -0.25) is 9.79 Å². The lowest BCUT2D eigenvalue weighted by atomic mass is 9.96. The fraction of sp³-hybridized carbons (Fsp3) is 0.444. The topological polar surface area (TPSA) is 74.8 Å². The van der Waals surface area contributed by atoms with Gasteiger partial charge in [0.15, 0.2) is 5.96 Å². The summed E-state index contributed by atoms with van der Waals surface area (Å²) in [5.74, 6) is 3.00. The number of benzene rings is 1. The highest BCUT2D eigenvalue weighted by molar-refractivity contribution is 5.95. The normalized spacial score (nSPS) is 25.2. The zero-order valence-corrected chi connectivity index (χ0v) is 13.7. The number of guanidine groups is 1. The Bertz CT molecular complexity index is 680. The average Bonchev–Trinajstić information content (AvgIpc) is 3.21. The highest BCUT2D eigenvalue weighted by atomic mass is 16.5. The molecule has 3 unspecified atom stereocenters. The summed E-state index contributed by atoms with van der Waals surface area (Å²) in [6.07, 6.45) is 9.22. The van der Waals surface area contributed by atoms with Crippen molar-refractivity contribution >= 4 is 17.6 Å². The highest BCUT2D eigenvalue weighted by Gasteiger charge is 2.41. The lowest BCUT2D eigenvalue weighted by Crippen LogP contribution is -2.49. The highest BCUT2D eigenvalue weighted by Crippen LogP contribution is 2.34. The third-order valence-electron chi connectivity index (χ3n) is 4.38. The van der Waals surface area contributed by atoms with Gasteiger partial charge in [-0.15, -0.1) is 6.42 Å². The Labute approximate surface area is 142 Å². The van der Waals surface area contributed by atoms with Gasteiger partial charge >= 0.3 is 0 Å². The molecule has 6 nitrogen and oxygen atoms in total. The van der Waals surface area contributed by atoms with E-state index in [1.54, 1.807) is 19.2 Å². The first-order valence-electron chi connectivity index (χ1n) is 8.17. The van der Waals surface area contributed by atoms with Gasteiger partial charge in [0.05, 0.1) is 24.8 Å². The van der Waals surface area contributed by atoms with Gasteiger partial charge in [-0.25, -0.2) is 0 Å². The van der Waals surface area contributed by atoms with Crippen molar-refractivity contribution in [2.75, 3.05) is 18.9 Å². The lowest BCUT2D eigenvalue weighted by Gasteiger charge is -2.22. The fourth-order valence-corrected chi connectivity index (χ4v) is 3.22. The molecule has 2 saturated heterocycles. The SMILES string of the molecule is C#Cc1cccc(NC(=O)CNC(=NC)NC2CC3CCC2O3)c1. The Kier molecular flexibility index (Phi) is 5.02. The number of anilines is 1. The van der Waals surface area contributed by atoms with E-state index in [9.17, 15) is 4.79 Å². The van der Waals surface area contributed by atoms with Gasteiger partial charge in [0.2, 0.25) is 5.91 Å². The molecule has 2 aliphatic heterocycles. The minimum atomic E-state index is -0.156. The summed E-state index contributed by atoms with van der Waals surface area (Å²) < 4.78 is 5.82. The second kappa shape index (κ2) is 7.37. The number of rotatable bonds is 4. The summed E-state index contributed by atoms with van der Waals surface area (Å²) in [7, 11) is 1.69. The summed E-state index contributed by atoms with van der Waals surface area (Å²) in [5, 5.41) is 9.19. The Hall–Kier alpha value is -2.52. The third-order valence-corrected chi connectivity index (χ3v) is 4.38. The maximum absolute atomic E-state index is 12.1. The molecular formula is C18H22N4O2. The Morgan fingerprint density at radius 3 is 3.00 bits per heavy atom. The van der Waals surface area contributed by atoms with Crippen molar-refractivity contribution < 1.29 is 9.53 Å². The number of amides is 1. The van der Waals surface area contributed by atoms with E-state index in [0.29, 0.717) is 17.8 Å². The summed E-state index contributed by atoms with van der Waals surface area (Å²) in [5.41, 5.74) is 1.41. The quantitative estimate of drug-likeness (QED) is 0.440. The first-order chi connectivity index (χ1) is 11.7. The standard InChI is InChI=1S/C18H22N4O2/c1-3-12-5-4-6-13(9-12)21-17(23)11-20-18(19-2)22-15-10-14-7-8-16(15)24-14/h1,4-6,9,14-16H,7-8,10-11H2,2H3,(H,21,23)(H2,19,20,22). The molecule has 24 heavy (non-hydrogen) atoms. The molecular weight excluding hydrogens is 304 g/mol. The Morgan fingerprint density at radius 1 is 1.46 bits per heavy atom. The average molecular weight is 326 g/mol. The molecule has 3 atom stereocenters. The van der Waals surface area contributed by atoms with E-state index in [4.69, 9.17) is 11.2 Å². The van der Waals surface area contributed by atoms with E-state index in [-0.39, 0.29) is 24.6 Å². The molecule has 126 valence electrons. The number of hydrogen-bond acceptors (Lipinski definition) is 3. The van der Waals surface area contributed by atoms with Crippen LogP contribution in [0.25, 0.3) is 0 Å². The van der Waals surface area contributed by atoms with Crippen LogP contribution < -0.4 is 16.0 Å². The second-order valence-electron chi connectivity index (χ2n) is 6.06. The van der Waals surface area contributed by atoms with E-state index >= 15 is 0 Å². The van der Waals surface area contributed by atoms with E-state index in [1.807, 2.05) is 12.1 Å². The molecule has 0 saturated carbocycles. The number of carbonyl (C=O) groups excluding carboxylic acids is 1. The van der Waals surface area contributed by atoms with E-state index < -0.39 is 0 Å². The monoisotopic (exact) mass is 326 g/mol. The van der Waals surface area contributed by atoms with Gasteiger partial charge in [0.25, 0.3) is 0 Å². The summed E-state index contributed by atoms with van der Waals surface area (Å²) in [6.45, 7) is 0.127. The van der Waals surface area contributed by atoms with Gasteiger partial charge < -0.3 is 20.7 Å². The van der Waals surface area contributed by atoms with Crippen molar-refractivity contribution in [1.82, 2.24) is 10.6 Å². The molecule has 0 aromatic heterocycles. The molecule has 2 fully saturated rings. The van der Waals surface area contributed by atoms with Crippen molar-refractivity contribution in [2.24, 2.45) is 4.99 Å². The van der Waals surface area contributed by atoms with Crippen LogP contribution in [0.1, 0.15) is 24.8 Å². The largest absolute Gasteiger partial charge is 0.373 e. The number of carbonyl (C=O) groups is 1. The molecule has 6 heteroatoms. The molecule has 0 spiro atoms. The molecule has 2 aliphatic rings. The van der Waals surface area contributed by atoms with Gasteiger partial charge in [0.1, 0.15) is 0 Å². The second-order valence-corrected chi connectivity index (χ2v) is 6.06. The predicted molar refractivity (Wildman–Crippen MR) is 93.8 cm³/mol. The maximum atomic E-state index is 12.1. The molecule has 2 heterocycles. The zero-order valence-electron chi connectivity index (χ0n) is 13.7. The van der Waals surface area contributed by atoms with Crippen LogP contribution in [0.2, 0.25) is 0 Å². The summed E-state index contributed by atoms with van der Waals surface area (Å²) in [6, 6.07) is 7.46. The van der Waals surface area contributed by atoms with Crippen LogP contribution in [0.4, 0.5) is 5.69 Å². The first kappa shape index (κ1) is 16.3. The molecule has 2 bridgehead atoms. The number of nitrogens with one attached hydrogen (secondary N) is 3. The predicted octanol–water partition coefficient (Wildman–Crippen LogP) is 1.09. The van der Waals surface area contributed by atoms with E-state index in [0.717, 1.165) is 24.8 Å². The van der Waals surface area contributed by atoms with Gasteiger partial charge in [-0.05, 0) is 37.5 Å². The number of aliphatic imine (C=N–C) groups is 1. The number of hydrogen-bond donors (Lipinski definition) is 3. The van der Waals surface area contributed by atoms with Crippen LogP contribution in [0.5, 0.6) is 0 Å². The Balaban J connectivity index is 1.46. The molecule has 0 radical (unpaired) electrons. The Morgan fingerprint density at radius 2 is 2.33 bits per heavy atom. The van der Waals surface area contributed by atoms with Gasteiger partial charge in [0, 0.05) is 18.3 Å². The van der Waals surface area contributed by atoms with Gasteiger partial charge in [-0.1, -0.05) is 12.0 Å². The number of nitrogens with zero attached hydrogens (tertiary/aromatic N) is 1. The van der Waals surface area contributed by atoms with E-state index in [1.165, 1.54) is 0 Å². The van der Waals surface area contributed by atoms with Crippen LogP contribution in [0.3, 0.4) is 0 Å². The van der Waals surface area contributed by atoms with E-state index in [2.05, 4.69) is 26.9 Å². The van der Waals surface area contributed by atoms with Crippen molar-refractivity contribution in [3.05, 3.63) is 29.8 Å². The summed E-state index contributed by atoms with van der Waals surface area (Å²) >= 11 is 0. The molecule has 1 aromatic carbocycles. The first-order valence-corrected chi connectivity index (χ1v) is 8.17. The number of terminal acetylenes is 1. The van der Waals surface area contributed by atoms with Crippen molar-refractivity contribution in [2.45, 2.75) is 37.5 Å². The molecule has 3 rings (SSSR count). The van der Waals surface area contributed by atoms with Crippen LogP contribution in [-0.4, -0.2) is 43.7 Å². The molecule has 0 aliphatic carbocycles. The minimum absolute atomic E-state index is 0.127. The number of ether oxygens (including phenoxy) is 1. The van der Waals surface area contributed by atoms with Gasteiger partial charge in [-0.2, -0.15) is 0 Å². The van der Waals surface area contributed by atoms with Crippen LogP contribution >= 0.6 is 0 Å². The lowest BCUT2D eigenvalue weighted by molar-refractivity contribution is -0.115. The fourth-order valence-electron chi connectivity index (χ4n) is 3.22. The number of fused-ring (bicyclic) bond motifs is 2. The van der Waals surface area contributed by atoms with Crippen LogP contribution in [-0.2, 0) is 9.53 Å². The smallest absolute Gasteiger partial charge is 0.243 e. The summed E-state index contributed by atoms with van der Waals surface area (Å²) in [4.78, 5) is 16.2. The van der Waals surface area contributed by atoms with Crippen molar-refractivity contribution in [1.29, 1.82) is 0 Å². The van der Waals surface area contributed by atoms with Crippen LogP contribution in [0, 0.1) is 12.3 Å². The third kappa shape index (κ3) is 3.87. The van der Waals surface area contributed by atoms with Crippen molar-refractivity contribution in [3.8, 4) is 12.3 Å². The van der Waals surface area contributed by atoms with Crippen LogP contribution in [0.15, 0.2) is 29.3 Å².